The van der Waals surface area contributed by atoms with Gasteiger partial charge in [-0.25, -0.2) is 8.42 Å². The summed E-state index contributed by atoms with van der Waals surface area (Å²) in [6, 6.07) is 6.93. The topological polar surface area (TPSA) is 63.2 Å². The monoisotopic (exact) mass is 253 g/mol. The summed E-state index contributed by atoms with van der Waals surface area (Å²) in [5, 5.41) is 2.85. The van der Waals surface area contributed by atoms with Crippen molar-refractivity contribution in [3.8, 4) is 0 Å². The Labute approximate surface area is 101 Å². The van der Waals surface area contributed by atoms with E-state index in [1.165, 1.54) is 6.07 Å². The lowest BCUT2D eigenvalue weighted by Crippen LogP contribution is -2.27. The van der Waals surface area contributed by atoms with Crippen LogP contribution in [0.25, 0.3) is 0 Å². The third-order valence-electron chi connectivity index (χ3n) is 2.67. The van der Waals surface area contributed by atoms with E-state index >= 15 is 0 Å². The first-order chi connectivity index (χ1) is 7.97. The van der Waals surface area contributed by atoms with Crippen molar-refractivity contribution < 1.29 is 13.2 Å². The molecule has 2 rings (SSSR count). The van der Waals surface area contributed by atoms with Crippen molar-refractivity contribution >= 4 is 15.7 Å². The Balaban J connectivity index is 2.17. The van der Waals surface area contributed by atoms with Gasteiger partial charge in [0.1, 0.15) is 0 Å². The Bertz CT molecular complexity index is 532. The minimum Gasteiger partial charge on any atom is -0.353 e. The van der Waals surface area contributed by atoms with Crippen LogP contribution in [0.2, 0.25) is 0 Å². The van der Waals surface area contributed by atoms with Gasteiger partial charge in [-0.3, -0.25) is 4.79 Å². The van der Waals surface area contributed by atoms with Gasteiger partial charge in [0, 0.05) is 12.3 Å². The van der Waals surface area contributed by atoms with Gasteiger partial charge in [0.05, 0.1) is 11.3 Å². The second-order valence-corrected chi connectivity index (χ2v) is 6.38. The van der Waals surface area contributed by atoms with Crippen LogP contribution in [0.3, 0.4) is 0 Å². The summed E-state index contributed by atoms with van der Waals surface area (Å²) in [4.78, 5) is 11.9. The van der Waals surface area contributed by atoms with E-state index in [0.717, 1.165) is 19.1 Å². The third-order valence-corrected chi connectivity index (χ3v) is 3.86. The summed E-state index contributed by atoms with van der Waals surface area (Å²) in [5.74, 6) is -0.108. The largest absolute Gasteiger partial charge is 0.353 e. The number of carbonyl (C=O) groups is 1. The maximum absolute atomic E-state index is 11.6. The molecule has 1 aliphatic rings. The molecule has 17 heavy (non-hydrogen) atoms. The van der Waals surface area contributed by atoms with E-state index in [1.54, 1.807) is 18.2 Å². The molecule has 1 amide bonds. The van der Waals surface area contributed by atoms with Gasteiger partial charge < -0.3 is 5.32 Å². The van der Waals surface area contributed by atoms with E-state index in [2.05, 4.69) is 5.32 Å². The molecular weight excluding hydrogens is 238 g/mol. The number of hydrogen-bond acceptors (Lipinski definition) is 3. The average molecular weight is 253 g/mol. The van der Waals surface area contributed by atoms with Gasteiger partial charge in [0.25, 0.3) is 0 Å². The highest BCUT2D eigenvalue weighted by Crippen LogP contribution is 2.20. The Morgan fingerprint density at radius 1 is 1.35 bits per heavy atom. The molecule has 0 atom stereocenters. The van der Waals surface area contributed by atoms with Crippen LogP contribution >= 0.6 is 0 Å². The fourth-order valence-corrected chi connectivity index (χ4v) is 2.63. The minimum absolute atomic E-state index is 0.108. The van der Waals surface area contributed by atoms with E-state index < -0.39 is 9.84 Å². The van der Waals surface area contributed by atoms with E-state index in [1.807, 2.05) is 0 Å². The third kappa shape index (κ3) is 3.30. The Morgan fingerprint density at radius 3 is 2.59 bits per heavy atom. The Morgan fingerprint density at radius 2 is 2.00 bits per heavy atom. The lowest BCUT2D eigenvalue weighted by atomic mass is 10.1. The number of hydrogen-bond donors (Lipinski definition) is 1. The highest BCUT2D eigenvalue weighted by atomic mass is 32.2. The predicted octanol–water partition coefficient (Wildman–Crippen LogP) is 0.911. The maximum atomic E-state index is 11.6. The Kier molecular flexibility index (Phi) is 3.19. The molecule has 1 aromatic carbocycles. The van der Waals surface area contributed by atoms with E-state index in [4.69, 9.17) is 0 Å². The fourth-order valence-electron chi connectivity index (χ4n) is 1.69. The molecule has 4 nitrogen and oxygen atoms in total. The van der Waals surface area contributed by atoms with Crippen LogP contribution in [0.1, 0.15) is 18.4 Å². The fraction of sp³-hybridized carbons (Fsp3) is 0.417. The van der Waals surface area contributed by atoms with Crippen molar-refractivity contribution in [2.75, 3.05) is 6.26 Å². The number of carbonyl (C=O) groups excluding carboxylic acids is 1. The van der Waals surface area contributed by atoms with Crippen LogP contribution < -0.4 is 5.32 Å². The summed E-state index contributed by atoms with van der Waals surface area (Å²) in [6.07, 6.45) is 3.34. The second-order valence-electron chi connectivity index (χ2n) is 4.40. The molecule has 0 unspecified atom stereocenters. The highest BCUT2D eigenvalue weighted by Gasteiger charge is 2.24. The summed E-state index contributed by atoms with van der Waals surface area (Å²) in [6.45, 7) is 0. The molecule has 92 valence electrons. The van der Waals surface area contributed by atoms with Crippen LogP contribution in [0.15, 0.2) is 29.2 Å². The number of nitrogens with one attached hydrogen (secondary N) is 1. The first-order valence-electron chi connectivity index (χ1n) is 5.54. The zero-order chi connectivity index (χ0) is 12.5. The molecule has 0 bridgehead atoms. The van der Waals surface area contributed by atoms with Gasteiger partial charge in [-0.2, -0.15) is 0 Å². The predicted molar refractivity (Wildman–Crippen MR) is 64.4 cm³/mol. The molecule has 5 heteroatoms. The molecule has 0 aromatic heterocycles. The molecule has 0 radical (unpaired) electrons. The zero-order valence-corrected chi connectivity index (χ0v) is 10.5. The summed E-state index contributed by atoms with van der Waals surface area (Å²) in [5.41, 5.74) is 0.563. The molecule has 0 saturated heterocycles. The standard InChI is InChI=1S/C12H15NO3S/c1-17(15,16)11-5-3-2-4-9(11)8-12(14)13-10-6-7-10/h2-5,10H,6-8H2,1H3,(H,13,14). The summed E-state index contributed by atoms with van der Waals surface area (Å²) < 4.78 is 23.1. The van der Waals surface area contributed by atoms with Crippen molar-refractivity contribution in [3.63, 3.8) is 0 Å². The van der Waals surface area contributed by atoms with Crippen molar-refractivity contribution in [1.82, 2.24) is 5.32 Å². The van der Waals surface area contributed by atoms with Gasteiger partial charge in [0.15, 0.2) is 9.84 Å². The highest BCUT2D eigenvalue weighted by molar-refractivity contribution is 7.90. The van der Waals surface area contributed by atoms with Gasteiger partial charge >= 0.3 is 0 Å². The van der Waals surface area contributed by atoms with Crippen LogP contribution in [-0.2, 0) is 21.1 Å². The maximum Gasteiger partial charge on any atom is 0.224 e. The van der Waals surface area contributed by atoms with Crippen molar-refractivity contribution in [1.29, 1.82) is 0 Å². The zero-order valence-electron chi connectivity index (χ0n) is 9.64. The van der Waals surface area contributed by atoms with Gasteiger partial charge in [-0.15, -0.1) is 0 Å². The van der Waals surface area contributed by atoms with Crippen molar-refractivity contribution in [3.05, 3.63) is 29.8 Å². The number of amides is 1. The van der Waals surface area contributed by atoms with Crippen LogP contribution in [0.5, 0.6) is 0 Å². The van der Waals surface area contributed by atoms with Crippen molar-refractivity contribution in [2.45, 2.75) is 30.2 Å². The first-order valence-corrected chi connectivity index (χ1v) is 7.43. The number of sulfone groups is 1. The molecule has 1 N–H and O–H groups in total. The molecule has 0 heterocycles. The van der Waals surface area contributed by atoms with E-state index in [0.29, 0.717) is 11.6 Å². The quantitative estimate of drug-likeness (QED) is 0.867. The lowest BCUT2D eigenvalue weighted by Gasteiger charge is -2.07. The molecule has 1 aromatic rings. The lowest BCUT2D eigenvalue weighted by molar-refractivity contribution is -0.120. The second kappa shape index (κ2) is 4.49. The van der Waals surface area contributed by atoms with Gasteiger partial charge in [-0.05, 0) is 24.5 Å². The number of benzene rings is 1. The average Bonchev–Trinajstić information content (AvgIpc) is 3.00. The van der Waals surface area contributed by atoms with Gasteiger partial charge in [-0.1, -0.05) is 18.2 Å². The molecule has 0 spiro atoms. The molecular formula is C12H15NO3S. The van der Waals surface area contributed by atoms with Crippen LogP contribution in [0, 0.1) is 0 Å². The molecule has 1 saturated carbocycles. The SMILES string of the molecule is CS(=O)(=O)c1ccccc1CC(=O)NC1CC1. The van der Waals surface area contributed by atoms with Crippen LogP contribution in [-0.4, -0.2) is 26.6 Å². The number of rotatable bonds is 4. The van der Waals surface area contributed by atoms with Gasteiger partial charge in [0.2, 0.25) is 5.91 Å². The summed E-state index contributed by atoms with van der Waals surface area (Å²) >= 11 is 0. The Hall–Kier alpha value is -1.36. The smallest absolute Gasteiger partial charge is 0.224 e. The van der Waals surface area contributed by atoms with E-state index in [-0.39, 0.29) is 17.2 Å². The summed E-state index contributed by atoms with van der Waals surface area (Å²) in [7, 11) is -3.27. The van der Waals surface area contributed by atoms with Crippen molar-refractivity contribution in [2.24, 2.45) is 0 Å². The first kappa shape index (κ1) is 12.1. The minimum atomic E-state index is -3.27. The van der Waals surface area contributed by atoms with E-state index in [9.17, 15) is 13.2 Å². The molecule has 1 fully saturated rings. The molecule has 0 aliphatic heterocycles. The van der Waals surface area contributed by atoms with Crippen LogP contribution in [0.4, 0.5) is 0 Å². The molecule has 1 aliphatic carbocycles. The normalized spacial score (nSPS) is 15.6.